The number of alkyl halides is 2. The number of fused-ring (bicyclic) bond motifs is 3. The molecule has 0 bridgehead atoms. The van der Waals surface area contributed by atoms with E-state index in [4.69, 9.17) is 6.57 Å². The van der Waals surface area contributed by atoms with Gasteiger partial charge in [-0.25, -0.2) is 13.6 Å². The summed E-state index contributed by atoms with van der Waals surface area (Å²) in [5.41, 5.74) is 0.469. The van der Waals surface area contributed by atoms with Gasteiger partial charge < -0.3 is 9.47 Å². The van der Waals surface area contributed by atoms with E-state index in [1.165, 1.54) is 15.5 Å². The average Bonchev–Trinajstić information content (AvgIpc) is 3.17. The van der Waals surface area contributed by atoms with Crippen molar-refractivity contribution in [2.24, 2.45) is 0 Å². The van der Waals surface area contributed by atoms with Crippen LogP contribution in [0.15, 0.2) is 47.3 Å². The van der Waals surface area contributed by atoms with Crippen LogP contribution in [0.25, 0.3) is 4.85 Å². The molecule has 0 atom stereocenters. The van der Waals surface area contributed by atoms with E-state index in [-0.39, 0.29) is 43.4 Å². The van der Waals surface area contributed by atoms with Crippen molar-refractivity contribution in [3.05, 3.63) is 98.3 Å². The van der Waals surface area contributed by atoms with Crippen LogP contribution in [0.2, 0.25) is 0 Å². The van der Waals surface area contributed by atoms with Gasteiger partial charge in [-0.05, 0) is 23.3 Å². The van der Waals surface area contributed by atoms with E-state index in [1.54, 1.807) is 29.2 Å². The first kappa shape index (κ1) is 22.1. The standard InChI is InChI=1S/C24H19F4N5O/c1-29-17-4-2-3-15(9-17)11-31-13-18-21(24(27,28)14-31)33-8-7-32(23(33)30-22(18)34)12-16-5-6-19(25)20(26)10-16/h2-6,9-10H,7-8,11-14H2. The van der Waals surface area contributed by atoms with Gasteiger partial charge in [0.15, 0.2) is 17.3 Å². The van der Waals surface area contributed by atoms with Crippen LogP contribution >= 0.6 is 0 Å². The van der Waals surface area contributed by atoms with Crippen LogP contribution in [-0.2, 0) is 32.1 Å². The molecule has 1 aromatic heterocycles. The highest BCUT2D eigenvalue weighted by molar-refractivity contribution is 5.47. The topological polar surface area (TPSA) is 45.7 Å². The van der Waals surface area contributed by atoms with E-state index in [2.05, 4.69) is 9.83 Å². The summed E-state index contributed by atoms with van der Waals surface area (Å²) in [5.74, 6) is -5.16. The summed E-state index contributed by atoms with van der Waals surface area (Å²) in [6.45, 7) is 7.36. The summed E-state index contributed by atoms with van der Waals surface area (Å²) >= 11 is 0. The SMILES string of the molecule is [C-]#[N+]c1cccc(CN2Cc3c(n4c(nc3=O)N(Cc3ccc(F)c(F)c3)CC4)C(F)(F)C2)c1. The van der Waals surface area contributed by atoms with Crippen LogP contribution in [0.5, 0.6) is 0 Å². The van der Waals surface area contributed by atoms with Crippen molar-refractivity contribution >= 4 is 11.6 Å². The minimum absolute atomic E-state index is 0.0163. The number of rotatable bonds is 4. The van der Waals surface area contributed by atoms with Gasteiger partial charge in [-0.1, -0.05) is 30.3 Å². The Morgan fingerprint density at radius 3 is 2.59 bits per heavy atom. The van der Waals surface area contributed by atoms with Crippen LogP contribution in [0.1, 0.15) is 22.4 Å². The molecule has 2 aliphatic heterocycles. The molecule has 0 spiro atoms. The van der Waals surface area contributed by atoms with E-state index >= 15 is 8.78 Å². The Morgan fingerprint density at radius 2 is 1.82 bits per heavy atom. The molecule has 0 unspecified atom stereocenters. The third-order valence-electron chi connectivity index (χ3n) is 6.09. The fourth-order valence-electron chi connectivity index (χ4n) is 4.66. The molecule has 0 fully saturated rings. The highest BCUT2D eigenvalue weighted by atomic mass is 19.3. The first-order valence-electron chi connectivity index (χ1n) is 10.6. The molecule has 10 heteroatoms. The molecule has 0 saturated carbocycles. The minimum atomic E-state index is -3.29. The number of hydrogen-bond acceptors (Lipinski definition) is 4. The van der Waals surface area contributed by atoms with Crippen molar-refractivity contribution in [2.75, 3.05) is 18.0 Å². The molecule has 0 aliphatic carbocycles. The van der Waals surface area contributed by atoms with Gasteiger partial charge in [0.25, 0.3) is 5.56 Å². The van der Waals surface area contributed by atoms with Gasteiger partial charge in [-0.15, -0.1) is 0 Å². The zero-order valence-corrected chi connectivity index (χ0v) is 17.9. The van der Waals surface area contributed by atoms with Crippen LogP contribution in [0.3, 0.4) is 0 Å². The van der Waals surface area contributed by atoms with E-state index in [0.717, 1.165) is 12.1 Å². The quantitative estimate of drug-likeness (QED) is 0.425. The van der Waals surface area contributed by atoms with E-state index in [1.807, 2.05) is 0 Å². The highest BCUT2D eigenvalue weighted by Gasteiger charge is 2.46. The van der Waals surface area contributed by atoms with Gasteiger partial charge in [0.05, 0.1) is 18.7 Å². The maximum absolute atomic E-state index is 15.4. The first-order valence-corrected chi connectivity index (χ1v) is 10.6. The second kappa shape index (κ2) is 8.25. The van der Waals surface area contributed by atoms with Crippen molar-refractivity contribution in [1.82, 2.24) is 14.5 Å². The summed E-state index contributed by atoms with van der Waals surface area (Å²) < 4.78 is 59.0. The Kier molecular flexibility index (Phi) is 5.37. The molecule has 34 heavy (non-hydrogen) atoms. The van der Waals surface area contributed by atoms with Crippen molar-refractivity contribution < 1.29 is 17.6 Å². The van der Waals surface area contributed by atoms with E-state index < -0.39 is 29.7 Å². The molecule has 2 aromatic carbocycles. The Bertz CT molecular complexity index is 1380. The van der Waals surface area contributed by atoms with Gasteiger partial charge in [0, 0.05) is 32.7 Å². The first-order chi connectivity index (χ1) is 16.2. The molecule has 0 N–H and O–H groups in total. The number of anilines is 1. The molecule has 0 amide bonds. The third-order valence-corrected chi connectivity index (χ3v) is 6.09. The zero-order valence-electron chi connectivity index (χ0n) is 17.9. The predicted molar refractivity (Wildman–Crippen MR) is 117 cm³/mol. The molecule has 3 heterocycles. The van der Waals surface area contributed by atoms with Crippen LogP contribution in [0.4, 0.5) is 29.2 Å². The van der Waals surface area contributed by atoms with E-state index in [0.29, 0.717) is 23.4 Å². The van der Waals surface area contributed by atoms with Crippen LogP contribution in [-0.4, -0.2) is 27.5 Å². The Hall–Kier alpha value is -3.71. The minimum Gasteiger partial charge on any atom is -0.336 e. The predicted octanol–water partition coefficient (Wildman–Crippen LogP) is 4.20. The monoisotopic (exact) mass is 469 g/mol. The van der Waals surface area contributed by atoms with Gasteiger partial charge in [0.1, 0.15) is 5.69 Å². The normalized spacial score (nSPS) is 16.7. The zero-order chi connectivity index (χ0) is 24.0. The van der Waals surface area contributed by atoms with E-state index in [9.17, 15) is 13.6 Å². The lowest BCUT2D eigenvalue weighted by molar-refractivity contribution is -0.0621. The summed E-state index contributed by atoms with van der Waals surface area (Å²) in [5, 5.41) is 0. The number of halogens is 4. The maximum atomic E-state index is 15.4. The molecule has 0 saturated heterocycles. The summed E-state index contributed by atoms with van der Waals surface area (Å²) in [6.07, 6.45) is 0. The van der Waals surface area contributed by atoms with Crippen LogP contribution < -0.4 is 10.5 Å². The maximum Gasteiger partial charge on any atom is 0.300 e. The van der Waals surface area contributed by atoms with Gasteiger partial charge >= 0.3 is 5.92 Å². The van der Waals surface area contributed by atoms with Gasteiger partial charge in [-0.3, -0.25) is 9.69 Å². The highest BCUT2D eigenvalue weighted by Crippen LogP contribution is 2.39. The van der Waals surface area contributed by atoms with Crippen molar-refractivity contribution in [3.8, 4) is 0 Å². The number of benzene rings is 2. The lowest BCUT2D eigenvalue weighted by atomic mass is 10.0. The third kappa shape index (κ3) is 3.92. The van der Waals surface area contributed by atoms with Crippen molar-refractivity contribution in [2.45, 2.75) is 32.1 Å². The molecule has 3 aromatic rings. The summed E-state index contributed by atoms with van der Waals surface area (Å²) in [7, 11) is 0. The molecule has 6 nitrogen and oxygen atoms in total. The Morgan fingerprint density at radius 1 is 1.03 bits per heavy atom. The fraction of sp³-hybridized carbons (Fsp3) is 0.292. The van der Waals surface area contributed by atoms with Gasteiger partial charge in [0.2, 0.25) is 5.95 Å². The number of aromatic nitrogens is 2. The smallest absolute Gasteiger partial charge is 0.300 e. The molecule has 174 valence electrons. The lowest BCUT2D eigenvalue weighted by Gasteiger charge is -2.35. The number of nitrogens with zero attached hydrogens (tertiary/aromatic N) is 5. The number of hydrogen-bond donors (Lipinski definition) is 0. The fourth-order valence-corrected chi connectivity index (χ4v) is 4.66. The van der Waals surface area contributed by atoms with Crippen LogP contribution in [0, 0.1) is 18.2 Å². The molecular weight excluding hydrogens is 450 g/mol. The average molecular weight is 469 g/mol. The molecular formula is C24H19F4N5O. The summed E-state index contributed by atoms with van der Waals surface area (Å²) in [4.78, 5) is 23.4. The summed E-state index contributed by atoms with van der Waals surface area (Å²) in [6, 6.07) is 10.2. The molecule has 0 radical (unpaired) electrons. The van der Waals surface area contributed by atoms with Gasteiger partial charge in [-0.2, -0.15) is 13.8 Å². The Balaban J connectivity index is 1.45. The largest absolute Gasteiger partial charge is 0.336 e. The van der Waals surface area contributed by atoms with Crippen molar-refractivity contribution in [1.29, 1.82) is 0 Å². The second-order valence-corrected chi connectivity index (χ2v) is 8.50. The Labute approximate surface area is 192 Å². The molecule has 2 aliphatic rings. The van der Waals surface area contributed by atoms with Crippen molar-refractivity contribution in [3.63, 3.8) is 0 Å². The molecule has 5 rings (SSSR count). The lowest BCUT2D eigenvalue weighted by Crippen LogP contribution is -2.45. The second-order valence-electron chi connectivity index (χ2n) is 8.50.